The second kappa shape index (κ2) is 11.0. The molecule has 1 aliphatic heterocycles. The predicted octanol–water partition coefficient (Wildman–Crippen LogP) is 1.79. The summed E-state index contributed by atoms with van der Waals surface area (Å²) in [5.74, 6) is 0.877. The molecular weight excluding hydrogens is 374 g/mol. The van der Waals surface area contributed by atoms with Gasteiger partial charge in [-0.15, -0.1) is 11.3 Å². The molecule has 0 saturated heterocycles. The molecule has 1 aromatic rings. The first-order valence-electron chi connectivity index (χ1n) is 10.1. The summed E-state index contributed by atoms with van der Waals surface area (Å²) in [6, 6.07) is 2.11. The molecule has 8 heteroatoms. The number of rotatable bonds is 8. The smallest absolute Gasteiger partial charge is 0.242 e. The molecule has 0 aromatic carbocycles. The van der Waals surface area contributed by atoms with Crippen LogP contribution < -0.4 is 5.32 Å². The van der Waals surface area contributed by atoms with Gasteiger partial charge in [0.05, 0.1) is 13.1 Å². The molecule has 156 valence electrons. The number of nitrogens with zero attached hydrogens (tertiary/aromatic N) is 4. The number of carbonyl (C=O) groups is 2. The molecule has 2 amide bonds. The van der Waals surface area contributed by atoms with E-state index in [1.807, 2.05) is 37.6 Å². The van der Waals surface area contributed by atoms with Crippen LogP contribution >= 0.6 is 11.3 Å². The topological polar surface area (TPSA) is 68.2 Å². The highest BCUT2D eigenvalue weighted by atomic mass is 32.1. The van der Waals surface area contributed by atoms with E-state index in [1.54, 1.807) is 16.2 Å². The zero-order valence-corrected chi connectivity index (χ0v) is 18.3. The Morgan fingerprint density at radius 3 is 2.71 bits per heavy atom. The van der Waals surface area contributed by atoms with Crippen molar-refractivity contribution in [2.24, 2.45) is 4.99 Å². The van der Waals surface area contributed by atoms with E-state index < -0.39 is 0 Å². The maximum absolute atomic E-state index is 12.5. The molecule has 0 spiro atoms. The van der Waals surface area contributed by atoms with Crippen LogP contribution in [0.4, 0.5) is 0 Å². The minimum absolute atomic E-state index is 0.0778. The molecule has 1 N–H and O–H groups in total. The summed E-state index contributed by atoms with van der Waals surface area (Å²) < 4.78 is 0. The molecule has 0 atom stereocenters. The molecule has 0 radical (unpaired) electrons. The second-order valence-electron chi connectivity index (χ2n) is 6.84. The van der Waals surface area contributed by atoms with Gasteiger partial charge in [-0.2, -0.15) is 0 Å². The van der Waals surface area contributed by atoms with E-state index in [-0.39, 0.29) is 18.4 Å². The first kappa shape index (κ1) is 22.2. The number of carbonyl (C=O) groups excluding carboxylic acids is 2. The average Bonchev–Trinajstić information content (AvgIpc) is 3.15. The van der Waals surface area contributed by atoms with Crippen LogP contribution in [-0.2, 0) is 22.6 Å². The third kappa shape index (κ3) is 5.95. The lowest BCUT2D eigenvalue weighted by molar-refractivity contribution is -0.132. The summed E-state index contributed by atoms with van der Waals surface area (Å²) in [5.41, 5.74) is 1.27. The van der Waals surface area contributed by atoms with E-state index in [0.717, 1.165) is 13.0 Å². The number of hydrogen-bond donors (Lipinski definition) is 1. The van der Waals surface area contributed by atoms with E-state index >= 15 is 0 Å². The highest BCUT2D eigenvalue weighted by molar-refractivity contribution is 7.10. The number of amides is 2. The van der Waals surface area contributed by atoms with E-state index in [9.17, 15) is 9.59 Å². The molecule has 0 bridgehead atoms. The van der Waals surface area contributed by atoms with Crippen LogP contribution in [0, 0.1) is 0 Å². The molecule has 2 heterocycles. The highest BCUT2D eigenvalue weighted by Gasteiger charge is 2.21. The maximum Gasteiger partial charge on any atom is 0.242 e. The van der Waals surface area contributed by atoms with Crippen LogP contribution in [0.25, 0.3) is 0 Å². The second-order valence-corrected chi connectivity index (χ2v) is 7.84. The quantitative estimate of drug-likeness (QED) is 0.527. The third-order valence-electron chi connectivity index (χ3n) is 4.93. The lowest BCUT2D eigenvalue weighted by Gasteiger charge is -2.27. The fraction of sp³-hybridized carbons (Fsp3) is 0.650. The Balaban J connectivity index is 1.87. The number of aliphatic imine (C=N–C) groups is 1. The van der Waals surface area contributed by atoms with Gasteiger partial charge in [0.25, 0.3) is 0 Å². The van der Waals surface area contributed by atoms with E-state index in [2.05, 4.69) is 21.8 Å². The molecule has 0 unspecified atom stereocenters. The van der Waals surface area contributed by atoms with Crippen LogP contribution in [0.3, 0.4) is 0 Å². The number of likely N-dealkylation sites (N-methyl/N-ethyl adjacent to an activating group) is 2. The fourth-order valence-corrected chi connectivity index (χ4v) is 4.19. The minimum Gasteiger partial charge on any atom is -0.357 e. The van der Waals surface area contributed by atoms with Gasteiger partial charge in [0.1, 0.15) is 0 Å². The van der Waals surface area contributed by atoms with Crippen molar-refractivity contribution in [2.45, 2.75) is 40.2 Å². The van der Waals surface area contributed by atoms with Crippen LogP contribution in [0.1, 0.15) is 37.6 Å². The van der Waals surface area contributed by atoms with Gasteiger partial charge in [-0.3, -0.25) is 14.6 Å². The lowest BCUT2D eigenvalue weighted by atomic mass is 10.1. The number of guanidine groups is 1. The number of thiophene rings is 1. The molecule has 0 fully saturated rings. The van der Waals surface area contributed by atoms with Gasteiger partial charge in [0, 0.05) is 51.1 Å². The zero-order chi connectivity index (χ0) is 20.5. The third-order valence-corrected chi connectivity index (χ3v) is 5.96. The summed E-state index contributed by atoms with van der Waals surface area (Å²) in [5, 5.41) is 5.31. The number of fused-ring (bicyclic) bond motifs is 1. The Bertz CT molecular complexity index is 684. The van der Waals surface area contributed by atoms with Gasteiger partial charge in [0.2, 0.25) is 11.8 Å². The van der Waals surface area contributed by atoms with E-state index in [1.165, 1.54) is 10.4 Å². The molecule has 1 aromatic heterocycles. The standard InChI is InChI=1S/C20H33N5O2S/c1-5-21-20(23(4)15-19(27)24(6-2)7-3)22-11-8-18(26)25-12-9-17-16(14-25)10-13-28-17/h10,13H,5-9,11-12,14-15H2,1-4H3,(H,21,22). The van der Waals surface area contributed by atoms with Crippen molar-refractivity contribution in [3.05, 3.63) is 21.9 Å². The van der Waals surface area contributed by atoms with Gasteiger partial charge >= 0.3 is 0 Å². The summed E-state index contributed by atoms with van der Waals surface area (Å²) in [6.07, 6.45) is 1.33. The Kier molecular flexibility index (Phi) is 8.76. The first-order chi connectivity index (χ1) is 13.5. The summed E-state index contributed by atoms with van der Waals surface area (Å²) in [4.78, 5) is 36.4. The van der Waals surface area contributed by atoms with Crippen LogP contribution in [0.5, 0.6) is 0 Å². The van der Waals surface area contributed by atoms with Crippen molar-refractivity contribution in [1.29, 1.82) is 0 Å². The van der Waals surface area contributed by atoms with Crippen LogP contribution in [0.2, 0.25) is 0 Å². The van der Waals surface area contributed by atoms with Crippen LogP contribution in [-0.4, -0.2) is 78.8 Å². The Hall–Kier alpha value is -2.09. The Morgan fingerprint density at radius 2 is 2.04 bits per heavy atom. The Labute approximate surface area is 172 Å². The van der Waals surface area contributed by atoms with E-state index in [4.69, 9.17) is 0 Å². The first-order valence-corrected chi connectivity index (χ1v) is 11.0. The lowest BCUT2D eigenvalue weighted by Crippen LogP contribution is -2.45. The number of hydrogen-bond acceptors (Lipinski definition) is 4. The van der Waals surface area contributed by atoms with Crippen molar-refractivity contribution in [1.82, 2.24) is 20.0 Å². The fourth-order valence-electron chi connectivity index (χ4n) is 3.30. The minimum atomic E-state index is 0.0778. The van der Waals surface area contributed by atoms with Crippen molar-refractivity contribution < 1.29 is 9.59 Å². The van der Waals surface area contributed by atoms with Gasteiger partial charge < -0.3 is 20.0 Å². The molecule has 7 nitrogen and oxygen atoms in total. The van der Waals surface area contributed by atoms with Crippen molar-refractivity contribution in [2.75, 3.05) is 46.3 Å². The summed E-state index contributed by atoms with van der Waals surface area (Å²) in [6.45, 7) is 10.2. The number of nitrogens with one attached hydrogen (secondary N) is 1. The van der Waals surface area contributed by atoms with Crippen LogP contribution in [0.15, 0.2) is 16.4 Å². The molecular formula is C20H33N5O2S. The highest BCUT2D eigenvalue weighted by Crippen LogP contribution is 2.24. The maximum atomic E-state index is 12.5. The summed E-state index contributed by atoms with van der Waals surface area (Å²) >= 11 is 1.77. The summed E-state index contributed by atoms with van der Waals surface area (Å²) in [7, 11) is 1.85. The average molecular weight is 408 g/mol. The predicted molar refractivity (Wildman–Crippen MR) is 115 cm³/mol. The van der Waals surface area contributed by atoms with Crippen molar-refractivity contribution in [3.63, 3.8) is 0 Å². The molecule has 0 aliphatic carbocycles. The largest absolute Gasteiger partial charge is 0.357 e. The van der Waals surface area contributed by atoms with Crippen molar-refractivity contribution >= 4 is 29.1 Å². The van der Waals surface area contributed by atoms with Gasteiger partial charge in [-0.1, -0.05) is 0 Å². The molecule has 28 heavy (non-hydrogen) atoms. The van der Waals surface area contributed by atoms with Gasteiger partial charge in [0.15, 0.2) is 5.96 Å². The van der Waals surface area contributed by atoms with Gasteiger partial charge in [-0.25, -0.2) is 0 Å². The van der Waals surface area contributed by atoms with Gasteiger partial charge in [-0.05, 0) is 44.2 Å². The van der Waals surface area contributed by atoms with E-state index in [0.29, 0.717) is 45.1 Å². The zero-order valence-electron chi connectivity index (χ0n) is 17.5. The SMILES string of the molecule is CCNC(=NCCC(=O)N1CCc2sccc2C1)N(C)CC(=O)N(CC)CC. The normalized spacial score (nSPS) is 13.9. The molecule has 1 aliphatic rings. The Morgan fingerprint density at radius 1 is 1.29 bits per heavy atom. The monoisotopic (exact) mass is 407 g/mol. The molecule has 2 rings (SSSR count). The molecule has 0 saturated carbocycles. The van der Waals surface area contributed by atoms with Crippen molar-refractivity contribution in [3.8, 4) is 0 Å².